The first kappa shape index (κ1) is 13.8. The topological polar surface area (TPSA) is 38.9 Å². The quantitative estimate of drug-likeness (QED) is 0.883. The Balaban J connectivity index is 2.54. The molecule has 2 heteroatoms. The number of rotatable bonds is 2. The second kappa shape index (κ2) is 4.78. The minimum atomic E-state index is -0.350. The molecule has 0 saturated carbocycles. The van der Waals surface area contributed by atoms with Gasteiger partial charge in [0, 0.05) is 16.8 Å². The van der Waals surface area contributed by atoms with Gasteiger partial charge in [0.1, 0.15) is 0 Å². The highest BCUT2D eigenvalue weighted by Crippen LogP contribution is 2.26. The van der Waals surface area contributed by atoms with Crippen LogP contribution >= 0.6 is 0 Å². The molecule has 0 saturated heterocycles. The number of nitrogens with zero attached hydrogens (tertiary/aromatic N) is 1. The molecule has 2 aromatic rings. The van der Waals surface area contributed by atoms with Crippen molar-refractivity contribution in [2.45, 2.75) is 40.2 Å². The highest BCUT2D eigenvalue weighted by molar-refractivity contribution is 5.65. The fraction of sp³-hybridized carbons (Fsp3) is 0.353. The van der Waals surface area contributed by atoms with Crippen molar-refractivity contribution >= 4 is 0 Å². The van der Waals surface area contributed by atoms with Crippen LogP contribution < -0.4 is 5.73 Å². The average molecular weight is 254 g/mol. The average Bonchev–Trinajstić information content (AvgIpc) is 2.30. The molecule has 0 radical (unpaired) electrons. The Bertz CT molecular complexity index is 607. The zero-order chi connectivity index (χ0) is 14.2. The largest absolute Gasteiger partial charge is 0.322 e. The zero-order valence-electron chi connectivity index (χ0n) is 12.4. The van der Waals surface area contributed by atoms with Crippen molar-refractivity contribution in [1.29, 1.82) is 0 Å². The third-order valence-corrected chi connectivity index (χ3v) is 3.45. The lowest BCUT2D eigenvalue weighted by Crippen LogP contribution is -2.29. The van der Waals surface area contributed by atoms with E-state index >= 15 is 0 Å². The fourth-order valence-corrected chi connectivity index (χ4v) is 2.40. The lowest BCUT2D eigenvalue weighted by molar-refractivity contribution is 0.548. The van der Waals surface area contributed by atoms with E-state index < -0.39 is 0 Å². The van der Waals surface area contributed by atoms with Crippen molar-refractivity contribution in [2.24, 2.45) is 5.73 Å². The van der Waals surface area contributed by atoms with Crippen LogP contribution in [0, 0.1) is 20.8 Å². The Hall–Kier alpha value is -1.67. The molecule has 0 aliphatic carbocycles. The molecule has 0 bridgehead atoms. The summed E-state index contributed by atoms with van der Waals surface area (Å²) in [5.74, 6) is 0. The number of hydrogen-bond donors (Lipinski definition) is 1. The van der Waals surface area contributed by atoms with Gasteiger partial charge in [0.15, 0.2) is 0 Å². The van der Waals surface area contributed by atoms with Gasteiger partial charge in [-0.15, -0.1) is 0 Å². The van der Waals surface area contributed by atoms with Gasteiger partial charge in [0.05, 0.1) is 5.69 Å². The molecule has 0 unspecified atom stereocenters. The van der Waals surface area contributed by atoms with Crippen LogP contribution in [0.15, 0.2) is 30.3 Å². The van der Waals surface area contributed by atoms with Crippen molar-refractivity contribution < 1.29 is 0 Å². The van der Waals surface area contributed by atoms with E-state index in [1.54, 1.807) is 0 Å². The van der Waals surface area contributed by atoms with Gasteiger partial charge in [-0.05, 0) is 57.9 Å². The van der Waals surface area contributed by atoms with E-state index in [0.29, 0.717) is 0 Å². The predicted molar refractivity (Wildman–Crippen MR) is 81.1 cm³/mol. The molecule has 19 heavy (non-hydrogen) atoms. The molecule has 2 rings (SSSR count). The smallest absolute Gasteiger partial charge is 0.0708 e. The van der Waals surface area contributed by atoms with E-state index in [2.05, 4.69) is 44.2 Å². The lowest BCUT2D eigenvalue weighted by Gasteiger charge is -2.21. The first-order chi connectivity index (χ1) is 8.79. The van der Waals surface area contributed by atoms with Crippen LogP contribution in [0.1, 0.15) is 36.2 Å². The second-order valence-corrected chi connectivity index (χ2v) is 5.87. The lowest BCUT2D eigenvalue weighted by atomic mass is 9.93. The SMILES string of the molecule is Cc1ccc(C)c(-c2ccc(C(C)(C)N)c(C)n2)c1. The van der Waals surface area contributed by atoms with Gasteiger partial charge >= 0.3 is 0 Å². The third kappa shape index (κ3) is 2.85. The molecule has 2 nitrogen and oxygen atoms in total. The monoisotopic (exact) mass is 254 g/mol. The molecule has 2 N–H and O–H groups in total. The molecule has 1 heterocycles. The number of benzene rings is 1. The highest BCUT2D eigenvalue weighted by Gasteiger charge is 2.18. The van der Waals surface area contributed by atoms with Gasteiger partial charge in [0.2, 0.25) is 0 Å². The minimum absolute atomic E-state index is 0.350. The molecule has 1 aromatic heterocycles. The number of aromatic nitrogens is 1. The van der Waals surface area contributed by atoms with Crippen LogP contribution in [0.5, 0.6) is 0 Å². The Morgan fingerprint density at radius 2 is 1.68 bits per heavy atom. The molecule has 0 atom stereocenters. The summed E-state index contributed by atoms with van der Waals surface area (Å²) in [4.78, 5) is 4.73. The van der Waals surface area contributed by atoms with Gasteiger partial charge in [-0.2, -0.15) is 0 Å². The van der Waals surface area contributed by atoms with Crippen molar-refractivity contribution in [3.63, 3.8) is 0 Å². The molecule has 1 aromatic carbocycles. The van der Waals surface area contributed by atoms with Gasteiger partial charge < -0.3 is 5.73 Å². The maximum atomic E-state index is 6.16. The molecular formula is C17H22N2. The molecule has 100 valence electrons. The molecule has 0 aliphatic rings. The van der Waals surface area contributed by atoms with Gasteiger partial charge in [-0.25, -0.2) is 0 Å². The van der Waals surface area contributed by atoms with Crippen molar-refractivity contribution in [3.05, 3.63) is 52.7 Å². The molecule has 0 fully saturated rings. The number of aryl methyl sites for hydroxylation is 3. The molecule has 0 spiro atoms. The summed E-state index contributed by atoms with van der Waals surface area (Å²) in [6.45, 7) is 10.3. The zero-order valence-corrected chi connectivity index (χ0v) is 12.4. The van der Waals surface area contributed by atoms with Crippen LogP contribution in [-0.2, 0) is 5.54 Å². The standard InChI is InChI=1S/C17H22N2/c1-11-6-7-12(2)14(10-11)16-9-8-15(13(3)19-16)17(4,5)18/h6-10H,18H2,1-5H3. The molecule has 0 aliphatic heterocycles. The Labute approximate surface area is 115 Å². The van der Waals surface area contributed by atoms with Gasteiger partial charge in [-0.1, -0.05) is 23.8 Å². The summed E-state index contributed by atoms with van der Waals surface area (Å²) >= 11 is 0. The summed E-state index contributed by atoms with van der Waals surface area (Å²) in [6.07, 6.45) is 0. The first-order valence-corrected chi connectivity index (χ1v) is 6.63. The summed E-state index contributed by atoms with van der Waals surface area (Å²) in [7, 11) is 0. The second-order valence-electron chi connectivity index (χ2n) is 5.87. The van der Waals surface area contributed by atoms with Crippen molar-refractivity contribution in [3.8, 4) is 11.3 Å². The highest BCUT2D eigenvalue weighted by atomic mass is 14.8. The van der Waals surface area contributed by atoms with Crippen molar-refractivity contribution in [2.75, 3.05) is 0 Å². The minimum Gasteiger partial charge on any atom is -0.322 e. The summed E-state index contributed by atoms with van der Waals surface area (Å²) in [6, 6.07) is 10.6. The van der Waals surface area contributed by atoms with Crippen LogP contribution in [-0.4, -0.2) is 4.98 Å². The predicted octanol–water partition coefficient (Wildman–Crippen LogP) is 3.87. The fourth-order valence-electron chi connectivity index (χ4n) is 2.40. The van der Waals surface area contributed by atoms with E-state index in [0.717, 1.165) is 17.0 Å². The van der Waals surface area contributed by atoms with E-state index in [9.17, 15) is 0 Å². The van der Waals surface area contributed by atoms with Gasteiger partial charge in [-0.3, -0.25) is 4.98 Å². The van der Waals surface area contributed by atoms with E-state index in [1.165, 1.54) is 16.7 Å². The van der Waals surface area contributed by atoms with Crippen LogP contribution in [0.25, 0.3) is 11.3 Å². The Morgan fingerprint density at radius 1 is 1.00 bits per heavy atom. The summed E-state index contributed by atoms with van der Waals surface area (Å²) in [5.41, 5.74) is 12.6. The first-order valence-electron chi connectivity index (χ1n) is 6.63. The number of nitrogens with two attached hydrogens (primary N) is 1. The summed E-state index contributed by atoms with van der Waals surface area (Å²) < 4.78 is 0. The number of hydrogen-bond acceptors (Lipinski definition) is 2. The third-order valence-electron chi connectivity index (χ3n) is 3.45. The number of pyridine rings is 1. The molecule has 0 amide bonds. The molecular weight excluding hydrogens is 232 g/mol. The van der Waals surface area contributed by atoms with Gasteiger partial charge in [0.25, 0.3) is 0 Å². The maximum Gasteiger partial charge on any atom is 0.0708 e. The maximum absolute atomic E-state index is 6.16. The Kier molecular flexibility index (Phi) is 3.46. The van der Waals surface area contributed by atoms with Crippen LogP contribution in [0.3, 0.4) is 0 Å². The Morgan fingerprint density at radius 3 is 2.26 bits per heavy atom. The van der Waals surface area contributed by atoms with E-state index in [-0.39, 0.29) is 5.54 Å². The van der Waals surface area contributed by atoms with Crippen LogP contribution in [0.4, 0.5) is 0 Å². The van der Waals surface area contributed by atoms with E-state index in [4.69, 9.17) is 10.7 Å². The van der Waals surface area contributed by atoms with E-state index in [1.807, 2.05) is 20.8 Å². The van der Waals surface area contributed by atoms with Crippen molar-refractivity contribution in [1.82, 2.24) is 4.98 Å². The van der Waals surface area contributed by atoms with Crippen LogP contribution in [0.2, 0.25) is 0 Å². The normalized spacial score (nSPS) is 11.7. The summed E-state index contributed by atoms with van der Waals surface area (Å²) in [5, 5.41) is 0.